The Bertz CT molecular complexity index is 2100. The summed E-state index contributed by atoms with van der Waals surface area (Å²) in [5.74, 6) is -2.71. The molecule has 3 aliphatic heterocycles. The molecular weight excluding hydrogens is 688 g/mol. The minimum Gasteiger partial charge on any atom is -0.461 e. The van der Waals surface area contributed by atoms with Crippen LogP contribution in [-0.4, -0.2) is 81.8 Å². The number of piperidine rings is 1. The van der Waals surface area contributed by atoms with Crippen LogP contribution in [0, 0.1) is 28.8 Å². The number of anilines is 2. The maximum absolute atomic E-state index is 17.0. The Kier molecular flexibility index (Phi) is 8.79. The lowest BCUT2D eigenvalue weighted by molar-refractivity contribution is 0.0446. The van der Waals surface area contributed by atoms with Gasteiger partial charge in [-0.3, -0.25) is 10.2 Å². The molecule has 0 bridgehead atoms. The average molecular weight is 727 g/mol. The number of aliphatic hydroxyl groups is 1. The third-order valence-corrected chi connectivity index (χ3v) is 10.9. The Hall–Kier alpha value is -4.26. The minimum absolute atomic E-state index is 0.0283. The lowest BCUT2D eigenvalue weighted by atomic mass is 9.94. The topological polar surface area (TPSA) is 124 Å². The molecule has 51 heavy (non-hydrogen) atoms. The van der Waals surface area contributed by atoms with Crippen LogP contribution in [0.5, 0.6) is 6.01 Å². The summed E-state index contributed by atoms with van der Waals surface area (Å²) < 4.78 is 74.5. The second-order valence-corrected chi connectivity index (χ2v) is 16.0. The van der Waals surface area contributed by atoms with Crippen molar-refractivity contribution < 1.29 is 36.9 Å². The number of β-amino-alcohol motifs (C(OH)–C–C–N with tert-alkyl or cyclic N) is 1. The third kappa shape index (κ3) is 6.53. The van der Waals surface area contributed by atoms with E-state index in [0.29, 0.717) is 32.4 Å². The lowest BCUT2D eigenvalue weighted by Gasteiger charge is -2.38. The van der Waals surface area contributed by atoms with Crippen molar-refractivity contribution in [3.63, 3.8) is 0 Å². The van der Waals surface area contributed by atoms with Gasteiger partial charge in [-0.05, 0) is 77.6 Å². The Morgan fingerprint density at radius 2 is 1.94 bits per heavy atom. The highest BCUT2D eigenvalue weighted by atomic mass is 32.1. The number of nitrogens with one attached hydrogen (secondary N) is 1. The van der Waals surface area contributed by atoms with Crippen molar-refractivity contribution >= 4 is 49.2 Å². The Morgan fingerprint density at radius 3 is 2.67 bits per heavy atom. The van der Waals surface area contributed by atoms with Crippen molar-refractivity contribution in [1.29, 1.82) is 5.26 Å². The molecule has 7 rings (SSSR count). The first-order valence-corrected chi connectivity index (χ1v) is 17.7. The van der Waals surface area contributed by atoms with Crippen LogP contribution in [0.3, 0.4) is 0 Å². The van der Waals surface area contributed by atoms with Gasteiger partial charge in [0.1, 0.15) is 52.4 Å². The van der Waals surface area contributed by atoms with Gasteiger partial charge in [-0.2, -0.15) is 15.2 Å². The van der Waals surface area contributed by atoms with Crippen molar-refractivity contribution in [3.05, 3.63) is 41.2 Å². The molecule has 3 atom stereocenters. The predicted molar refractivity (Wildman–Crippen MR) is 185 cm³/mol. The van der Waals surface area contributed by atoms with Crippen LogP contribution in [0.15, 0.2) is 18.2 Å². The largest absolute Gasteiger partial charge is 0.461 e. The van der Waals surface area contributed by atoms with Crippen LogP contribution in [-0.2, 0) is 4.74 Å². The van der Waals surface area contributed by atoms with Crippen molar-refractivity contribution in [1.82, 2.24) is 14.9 Å². The van der Waals surface area contributed by atoms with E-state index in [4.69, 9.17) is 9.47 Å². The van der Waals surface area contributed by atoms with E-state index in [1.165, 1.54) is 6.07 Å². The number of halogens is 4. The van der Waals surface area contributed by atoms with E-state index in [1.54, 1.807) is 32.6 Å². The second-order valence-electron chi connectivity index (χ2n) is 15.0. The van der Waals surface area contributed by atoms with Crippen LogP contribution < -0.4 is 15.0 Å². The van der Waals surface area contributed by atoms with Crippen LogP contribution >= 0.6 is 11.3 Å². The monoisotopic (exact) mass is 726 g/mol. The van der Waals surface area contributed by atoms with E-state index < -0.39 is 52.0 Å². The summed E-state index contributed by atoms with van der Waals surface area (Å²) in [4.78, 5) is 25.4. The number of hydrogen-bond donors (Lipinski definition) is 2. The van der Waals surface area contributed by atoms with Gasteiger partial charge in [0.25, 0.3) is 0 Å². The fraction of sp³-hybridized carbons (Fsp3) is 0.500. The zero-order valence-electron chi connectivity index (χ0n) is 28.7. The molecule has 1 amide bonds. The summed E-state index contributed by atoms with van der Waals surface area (Å²) in [6, 6.07) is 5.07. The lowest BCUT2D eigenvalue weighted by Crippen LogP contribution is -2.46. The molecule has 2 aromatic carbocycles. The number of fused-ring (bicyclic) bond motifs is 3. The number of hydrogen-bond acceptors (Lipinski definition) is 10. The third-order valence-electron chi connectivity index (χ3n) is 9.83. The van der Waals surface area contributed by atoms with Crippen molar-refractivity contribution in [2.75, 3.05) is 43.0 Å². The smallest absolute Gasteiger partial charge is 0.412 e. The molecular formula is C36H38F4N6O4S. The Labute approximate surface area is 296 Å². The van der Waals surface area contributed by atoms with E-state index in [0.717, 1.165) is 42.9 Å². The van der Waals surface area contributed by atoms with Gasteiger partial charge in [0.15, 0.2) is 5.82 Å². The van der Waals surface area contributed by atoms with Crippen LogP contribution in [0.1, 0.15) is 65.4 Å². The van der Waals surface area contributed by atoms with Crippen molar-refractivity contribution in [2.24, 2.45) is 0 Å². The van der Waals surface area contributed by atoms with Crippen molar-refractivity contribution in [2.45, 2.75) is 82.7 Å². The SMILES string of the molecule is CC(C)(C)OC(=O)Nc1sc2c(F)ccc(-c3c(F)cc4c(N5CCC[C@@](C)(O)C5)nc(OC[C@@]56CCCN5C[C@H](F)C6)nc4c3F)c2c1C#N. The van der Waals surface area contributed by atoms with E-state index in [1.807, 2.05) is 6.07 Å². The number of benzene rings is 2. The van der Waals surface area contributed by atoms with Gasteiger partial charge in [0.2, 0.25) is 0 Å². The van der Waals surface area contributed by atoms with Gasteiger partial charge in [0.05, 0.1) is 27.0 Å². The average Bonchev–Trinajstić information content (AvgIpc) is 3.69. The van der Waals surface area contributed by atoms with E-state index in [9.17, 15) is 19.6 Å². The summed E-state index contributed by atoms with van der Waals surface area (Å²) >= 11 is 0.742. The Morgan fingerprint density at radius 1 is 1.18 bits per heavy atom. The zero-order chi connectivity index (χ0) is 36.5. The summed E-state index contributed by atoms with van der Waals surface area (Å²) in [6.07, 6.45) is 1.13. The molecule has 270 valence electrons. The highest BCUT2D eigenvalue weighted by molar-refractivity contribution is 7.23. The number of amides is 1. The highest BCUT2D eigenvalue weighted by Crippen LogP contribution is 2.46. The fourth-order valence-corrected chi connectivity index (χ4v) is 8.80. The van der Waals surface area contributed by atoms with E-state index >= 15 is 13.2 Å². The summed E-state index contributed by atoms with van der Waals surface area (Å²) in [7, 11) is 0. The van der Waals surface area contributed by atoms with Gasteiger partial charge < -0.3 is 19.5 Å². The van der Waals surface area contributed by atoms with Gasteiger partial charge in [-0.25, -0.2) is 22.4 Å². The molecule has 0 saturated carbocycles. The Balaban J connectivity index is 1.37. The molecule has 5 heterocycles. The first-order chi connectivity index (χ1) is 24.1. The first-order valence-electron chi connectivity index (χ1n) is 16.9. The molecule has 0 unspecified atom stereocenters. The van der Waals surface area contributed by atoms with E-state index in [-0.39, 0.29) is 62.1 Å². The molecule has 3 aliphatic rings. The molecule has 15 heteroatoms. The number of nitriles is 1. The first kappa shape index (κ1) is 35.2. The van der Waals surface area contributed by atoms with Gasteiger partial charge >= 0.3 is 12.1 Å². The van der Waals surface area contributed by atoms with Crippen LogP contribution in [0.25, 0.3) is 32.1 Å². The maximum Gasteiger partial charge on any atom is 0.412 e. The molecule has 0 aliphatic carbocycles. The van der Waals surface area contributed by atoms with Crippen LogP contribution in [0.4, 0.5) is 33.2 Å². The highest BCUT2D eigenvalue weighted by Gasteiger charge is 2.49. The standard InChI is InChI=1S/C36H38F4N6O4S/c1-34(2,3)50-33(47)44-31-22(15-41)25-20(7-8-23(38)29(25)51-31)26-24(39)13-21-28(27(26)40)42-32(43-30(21)45-11-5-9-35(4,48)17-45)49-18-36-10-6-12-46(36)16-19(37)14-36/h7-8,13,19,48H,5-6,9-12,14,16-18H2,1-4H3,(H,44,47)/t19-,35-,36+/m1/s1. The van der Waals surface area contributed by atoms with Gasteiger partial charge in [-0.1, -0.05) is 6.07 Å². The van der Waals surface area contributed by atoms with Gasteiger partial charge in [-0.15, -0.1) is 11.3 Å². The number of nitrogens with zero attached hydrogens (tertiary/aromatic N) is 5. The molecule has 10 nitrogen and oxygen atoms in total. The predicted octanol–water partition coefficient (Wildman–Crippen LogP) is 7.45. The number of carbonyl (C=O) groups is 1. The molecule has 2 aromatic heterocycles. The van der Waals surface area contributed by atoms with Crippen molar-refractivity contribution in [3.8, 4) is 23.2 Å². The quantitative estimate of drug-likeness (QED) is 0.195. The number of aromatic nitrogens is 2. The van der Waals surface area contributed by atoms with E-state index in [2.05, 4.69) is 20.2 Å². The molecule has 3 saturated heterocycles. The zero-order valence-corrected chi connectivity index (χ0v) is 29.5. The molecule has 3 fully saturated rings. The number of alkyl halides is 1. The molecule has 0 spiro atoms. The van der Waals surface area contributed by atoms with Gasteiger partial charge in [0, 0.05) is 36.8 Å². The number of ether oxygens (including phenoxy) is 2. The molecule has 4 aromatic rings. The second kappa shape index (κ2) is 12.8. The summed E-state index contributed by atoms with van der Waals surface area (Å²) in [5.41, 5.74) is -3.67. The molecule has 2 N–H and O–H groups in total. The minimum atomic E-state index is -1.10. The maximum atomic E-state index is 17.0. The number of thiophene rings is 1. The molecule has 0 radical (unpaired) electrons. The number of carbonyl (C=O) groups excluding carboxylic acids is 1. The van der Waals surface area contributed by atoms with Crippen LogP contribution in [0.2, 0.25) is 0 Å². The fourth-order valence-electron chi connectivity index (χ4n) is 7.73. The summed E-state index contributed by atoms with van der Waals surface area (Å²) in [6.45, 7) is 8.34. The summed E-state index contributed by atoms with van der Waals surface area (Å²) in [5, 5.41) is 23.5. The normalized spacial score (nSPS) is 23.8. The number of rotatable bonds is 6.